The van der Waals surface area contributed by atoms with Gasteiger partial charge in [0.2, 0.25) is 0 Å². The Morgan fingerprint density at radius 2 is 2.40 bits per heavy atom. The Morgan fingerprint density at radius 3 is 2.93 bits per heavy atom. The van der Waals surface area contributed by atoms with Crippen molar-refractivity contribution >= 4 is 33.2 Å². The molecule has 0 aliphatic rings. The second-order valence-electron chi connectivity index (χ2n) is 2.96. The molecule has 2 heterocycles. The van der Waals surface area contributed by atoms with Crippen LogP contribution in [0, 0.1) is 0 Å². The van der Waals surface area contributed by atoms with Crippen LogP contribution in [0.15, 0.2) is 22.1 Å². The quantitative estimate of drug-likeness (QED) is 0.923. The van der Waals surface area contributed by atoms with E-state index in [1.165, 1.54) is 17.5 Å². The van der Waals surface area contributed by atoms with Crippen molar-refractivity contribution in [2.24, 2.45) is 7.05 Å². The fourth-order valence-electron chi connectivity index (χ4n) is 1.32. The van der Waals surface area contributed by atoms with Crippen LogP contribution >= 0.6 is 27.3 Å². The Hall–Kier alpha value is -1.14. The normalized spacial score (nSPS) is 10.5. The molecule has 0 aliphatic heterocycles. The highest BCUT2D eigenvalue weighted by molar-refractivity contribution is 9.10. The largest absolute Gasteiger partial charge is 0.478 e. The number of rotatable bonds is 2. The van der Waals surface area contributed by atoms with Gasteiger partial charge in [0, 0.05) is 16.9 Å². The van der Waals surface area contributed by atoms with Crippen molar-refractivity contribution in [1.29, 1.82) is 0 Å². The lowest BCUT2D eigenvalue weighted by Crippen LogP contribution is -1.99. The second kappa shape index (κ2) is 3.79. The van der Waals surface area contributed by atoms with E-state index in [1.54, 1.807) is 11.7 Å². The van der Waals surface area contributed by atoms with Crippen LogP contribution in [0.1, 0.15) is 10.4 Å². The summed E-state index contributed by atoms with van der Waals surface area (Å²) in [5.74, 6) is -0.956. The highest BCUT2D eigenvalue weighted by Gasteiger charge is 2.17. The van der Waals surface area contributed by atoms with Crippen molar-refractivity contribution in [3.63, 3.8) is 0 Å². The smallest absolute Gasteiger partial charge is 0.339 e. The summed E-state index contributed by atoms with van der Waals surface area (Å²) in [6.45, 7) is 0. The van der Waals surface area contributed by atoms with E-state index >= 15 is 0 Å². The maximum absolute atomic E-state index is 11.0. The first-order valence-corrected chi connectivity index (χ1v) is 5.76. The summed E-state index contributed by atoms with van der Waals surface area (Å²) in [7, 11) is 1.73. The van der Waals surface area contributed by atoms with Crippen molar-refractivity contribution in [2.75, 3.05) is 0 Å². The molecule has 0 amide bonds. The third-order valence-corrected chi connectivity index (χ3v) is 3.67. The number of carboxylic acid groups (broad SMARTS) is 1. The maximum atomic E-state index is 11.0. The summed E-state index contributed by atoms with van der Waals surface area (Å²) in [4.78, 5) is 11.8. The van der Waals surface area contributed by atoms with Crippen LogP contribution < -0.4 is 0 Å². The monoisotopic (exact) mass is 286 g/mol. The molecule has 2 aromatic heterocycles. The Bertz CT molecular complexity index is 518. The van der Waals surface area contributed by atoms with Gasteiger partial charge in [-0.3, -0.25) is 4.68 Å². The molecule has 0 bridgehead atoms. The fraction of sp³-hybridized carbons (Fsp3) is 0.111. The third kappa shape index (κ3) is 1.82. The zero-order valence-electron chi connectivity index (χ0n) is 7.77. The molecule has 4 nitrogen and oxygen atoms in total. The van der Waals surface area contributed by atoms with E-state index in [2.05, 4.69) is 21.0 Å². The summed E-state index contributed by atoms with van der Waals surface area (Å²) in [5.41, 5.74) is 0.866. The summed E-state index contributed by atoms with van der Waals surface area (Å²) < 4.78 is 2.52. The molecule has 15 heavy (non-hydrogen) atoms. The van der Waals surface area contributed by atoms with Gasteiger partial charge in [0.25, 0.3) is 0 Å². The van der Waals surface area contributed by atoms with E-state index in [0.717, 1.165) is 9.35 Å². The van der Waals surface area contributed by atoms with Gasteiger partial charge in [0.1, 0.15) is 5.56 Å². The molecular formula is C9H7BrN2O2S. The average Bonchev–Trinajstić information content (AvgIpc) is 2.71. The lowest BCUT2D eigenvalue weighted by molar-refractivity contribution is 0.0697. The van der Waals surface area contributed by atoms with Gasteiger partial charge in [0.05, 0.1) is 16.8 Å². The van der Waals surface area contributed by atoms with Gasteiger partial charge >= 0.3 is 5.97 Å². The van der Waals surface area contributed by atoms with Gasteiger partial charge in [-0.2, -0.15) is 5.10 Å². The van der Waals surface area contributed by atoms with E-state index in [4.69, 9.17) is 5.11 Å². The highest BCUT2D eigenvalue weighted by Crippen LogP contribution is 2.31. The van der Waals surface area contributed by atoms with Gasteiger partial charge in [-0.1, -0.05) is 0 Å². The topological polar surface area (TPSA) is 55.1 Å². The van der Waals surface area contributed by atoms with E-state index in [9.17, 15) is 4.79 Å². The summed E-state index contributed by atoms with van der Waals surface area (Å²) in [6.07, 6.45) is 1.37. The number of hydrogen-bond acceptors (Lipinski definition) is 3. The van der Waals surface area contributed by atoms with Crippen LogP contribution in [0.5, 0.6) is 0 Å². The van der Waals surface area contributed by atoms with E-state index in [0.29, 0.717) is 5.69 Å². The average molecular weight is 287 g/mol. The molecule has 2 aromatic rings. The maximum Gasteiger partial charge on any atom is 0.339 e. The molecule has 6 heteroatoms. The number of aromatic carboxylic acids is 1. The van der Waals surface area contributed by atoms with Crippen LogP contribution in [-0.4, -0.2) is 20.9 Å². The Balaban J connectivity index is 2.60. The molecule has 0 radical (unpaired) electrons. The van der Waals surface area contributed by atoms with Crippen LogP contribution in [-0.2, 0) is 7.05 Å². The molecular weight excluding hydrogens is 280 g/mol. The molecule has 0 aliphatic carbocycles. The van der Waals surface area contributed by atoms with Crippen molar-refractivity contribution in [1.82, 2.24) is 9.78 Å². The number of thiophene rings is 1. The lowest BCUT2D eigenvalue weighted by Gasteiger charge is -1.99. The van der Waals surface area contributed by atoms with E-state index in [1.807, 2.05) is 11.4 Å². The zero-order chi connectivity index (χ0) is 11.0. The minimum Gasteiger partial charge on any atom is -0.478 e. The highest BCUT2D eigenvalue weighted by atomic mass is 79.9. The van der Waals surface area contributed by atoms with Gasteiger partial charge in [-0.25, -0.2) is 4.79 Å². The van der Waals surface area contributed by atoms with Crippen molar-refractivity contribution in [3.8, 4) is 10.6 Å². The van der Waals surface area contributed by atoms with Crippen molar-refractivity contribution < 1.29 is 9.90 Å². The van der Waals surface area contributed by atoms with Gasteiger partial charge in [-0.15, -0.1) is 11.3 Å². The Kier molecular flexibility index (Phi) is 2.62. The predicted octanol–water partition coefficient (Wildman–Crippen LogP) is 2.61. The molecule has 2 rings (SSSR count). The first-order valence-electron chi connectivity index (χ1n) is 4.09. The third-order valence-electron chi connectivity index (χ3n) is 1.97. The second-order valence-corrected chi connectivity index (χ2v) is 4.79. The predicted molar refractivity (Wildman–Crippen MR) is 61.2 cm³/mol. The molecule has 0 unspecified atom stereocenters. The van der Waals surface area contributed by atoms with Crippen LogP contribution in [0.3, 0.4) is 0 Å². The number of halogens is 1. The van der Waals surface area contributed by atoms with Crippen LogP contribution in [0.4, 0.5) is 0 Å². The standard InChI is InChI=1S/C9H7BrN2O2S/c1-12-8(6(3-11-12)9(13)14)7-2-5(10)4-15-7/h2-4H,1H3,(H,13,14). The Morgan fingerprint density at radius 1 is 1.67 bits per heavy atom. The Labute approximate surface area is 98.3 Å². The lowest BCUT2D eigenvalue weighted by atomic mass is 10.2. The van der Waals surface area contributed by atoms with E-state index < -0.39 is 5.97 Å². The summed E-state index contributed by atoms with van der Waals surface area (Å²) in [6, 6.07) is 1.88. The molecule has 0 fully saturated rings. The minimum atomic E-state index is -0.956. The molecule has 78 valence electrons. The minimum absolute atomic E-state index is 0.229. The van der Waals surface area contributed by atoms with Crippen molar-refractivity contribution in [2.45, 2.75) is 0 Å². The number of aromatic nitrogens is 2. The number of carboxylic acids is 1. The molecule has 0 aromatic carbocycles. The molecule has 0 spiro atoms. The molecule has 0 atom stereocenters. The molecule has 0 saturated carbocycles. The van der Waals surface area contributed by atoms with Crippen LogP contribution in [0.25, 0.3) is 10.6 Å². The first kappa shape index (κ1) is 10.4. The van der Waals surface area contributed by atoms with Crippen LogP contribution in [0.2, 0.25) is 0 Å². The molecule has 0 saturated heterocycles. The number of hydrogen-bond donors (Lipinski definition) is 1. The summed E-state index contributed by atoms with van der Waals surface area (Å²) >= 11 is 4.82. The first-order chi connectivity index (χ1) is 7.09. The van der Waals surface area contributed by atoms with Gasteiger partial charge < -0.3 is 5.11 Å². The SMILES string of the molecule is Cn1ncc(C(=O)O)c1-c1cc(Br)cs1. The summed E-state index contributed by atoms with van der Waals surface area (Å²) in [5, 5.41) is 14.8. The van der Waals surface area contributed by atoms with Crippen molar-refractivity contribution in [3.05, 3.63) is 27.7 Å². The number of carbonyl (C=O) groups is 1. The fourth-order valence-corrected chi connectivity index (χ4v) is 2.84. The number of aryl methyl sites for hydroxylation is 1. The van der Waals surface area contributed by atoms with Gasteiger partial charge in [-0.05, 0) is 22.0 Å². The van der Waals surface area contributed by atoms with E-state index in [-0.39, 0.29) is 5.56 Å². The van der Waals surface area contributed by atoms with Gasteiger partial charge in [0.15, 0.2) is 0 Å². The molecule has 1 N–H and O–H groups in total. The number of nitrogens with zero attached hydrogens (tertiary/aromatic N) is 2. The zero-order valence-corrected chi connectivity index (χ0v) is 10.2.